The van der Waals surface area contributed by atoms with Crippen molar-refractivity contribution < 1.29 is 9.53 Å². The van der Waals surface area contributed by atoms with Gasteiger partial charge in [-0.05, 0) is 37.1 Å². The lowest BCUT2D eigenvalue weighted by atomic mass is 10.2. The number of pyridine rings is 1. The number of carbonyl (C=O) groups excluding carboxylic acids is 1. The summed E-state index contributed by atoms with van der Waals surface area (Å²) < 4.78 is 7.72. The summed E-state index contributed by atoms with van der Waals surface area (Å²) in [5, 5.41) is 3.00. The van der Waals surface area contributed by atoms with Gasteiger partial charge in [-0.15, -0.1) is 11.3 Å². The van der Waals surface area contributed by atoms with Crippen LogP contribution < -0.4 is 5.32 Å². The third-order valence-corrected chi connectivity index (χ3v) is 5.43. The number of nitrogens with zero attached hydrogens (tertiary/aromatic N) is 2. The fourth-order valence-corrected chi connectivity index (χ4v) is 4.02. The van der Waals surface area contributed by atoms with Crippen LogP contribution >= 0.6 is 11.3 Å². The van der Waals surface area contributed by atoms with Crippen molar-refractivity contribution in [2.24, 2.45) is 0 Å². The van der Waals surface area contributed by atoms with Gasteiger partial charge in [-0.3, -0.25) is 4.79 Å². The molecule has 1 N–H and O–H groups in total. The lowest BCUT2D eigenvalue weighted by Gasteiger charge is -2.05. The van der Waals surface area contributed by atoms with Crippen LogP contribution in [0, 0.1) is 0 Å². The van der Waals surface area contributed by atoms with Gasteiger partial charge in [-0.1, -0.05) is 6.07 Å². The number of imidazole rings is 1. The first kappa shape index (κ1) is 15.4. The molecule has 0 aliphatic carbocycles. The predicted octanol–water partition coefficient (Wildman–Crippen LogP) is 3.22. The number of thiophene rings is 1. The van der Waals surface area contributed by atoms with Crippen LogP contribution in [0.4, 0.5) is 0 Å². The highest BCUT2D eigenvalue weighted by Gasteiger charge is 2.20. The Labute approximate surface area is 144 Å². The molecule has 5 nitrogen and oxygen atoms in total. The number of fused-ring (bicyclic) bond motifs is 1. The summed E-state index contributed by atoms with van der Waals surface area (Å²) in [6, 6.07) is 9.83. The van der Waals surface area contributed by atoms with Gasteiger partial charge in [0, 0.05) is 42.5 Å². The second-order valence-corrected chi connectivity index (χ2v) is 7.00. The molecule has 1 aliphatic rings. The van der Waals surface area contributed by atoms with Gasteiger partial charge in [-0.25, -0.2) is 4.98 Å². The van der Waals surface area contributed by atoms with Gasteiger partial charge < -0.3 is 14.5 Å². The Morgan fingerprint density at radius 2 is 2.33 bits per heavy atom. The van der Waals surface area contributed by atoms with Gasteiger partial charge in [-0.2, -0.15) is 0 Å². The maximum absolute atomic E-state index is 12.3. The molecule has 3 aromatic rings. The number of aromatic nitrogens is 2. The van der Waals surface area contributed by atoms with E-state index in [1.807, 2.05) is 47.1 Å². The number of rotatable bonds is 5. The topological polar surface area (TPSA) is 55.6 Å². The van der Waals surface area contributed by atoms with E-state index in [0.717, 1.165) is 47.0 Å². The van der Waals surface area contributed by atoms with E-state index in [-0.39, 0.29) is 12.0 Å². The molecule has 24 heavy (non-hydrogen) atoms. The molecule has 4 rings (SSSR count). The molecule has 1 fully saturated rings. The van der Waals surface area contributed by atoms with E-state index in [2.05, 4.69) is 10.3 Å². The molecular weight excluding hydrogens is 322 g/mol. The fraction of sp³-hybridized carbons (Fsp3) is 0.333. The van der Waals surface area contributed by atoms with Gasteiger partial charge in [0.15, 0.2) is 0 Å². The van der Waals surface area contributed by atoms with Crippen molar-refractivity contribution in [1.29, 1.82) is 0 Å². The molecule has 1 saturated heterocycles. The smallest absolute Gasteiger partial charge is 0.261 e. The molecule has 0 bridgehead atoms. The molecule has 4 heterocycles. The van der Waals surface area contributed by atoms with Gasteiger partial charge in [0.1, 0.15) is 5.65 Å². The number of hydrogen-bond donors (Lipinski definition) is 1. The van der Waals surface area contributed by atoms with E-state index >= 15 is 0 Å². The summed E-state index contributed by atoms with van der Waals surface area (Å²) in [6.07, 6.45) is 6.93. The molecule has 0 aromatic carbocycles. The number of hydrogen-bond acceptors (Lipinski definition) is 4. The Balaban J connectivity index is 1.35. The molecule has 3 aromatic heterocycles. The average molecular weight is 341 g/mol. The Morgan fingerprint density at radius 1 is 1.38 bits per heavy atom. The third kappa shape index (κ3) is 3.07. The van der Waals surface area contributed by atoms with Crippen molar-refractivity contribution in [1.82, 2.24) is 14.7 Å². The van der Waals surface area contributed by atoms with Crippen LogP contribution in [0.3, 0.4) is 0 Å². The molecule has 1 unspecified atom stereocenters. The number of nitrogens with one attached hydrogen (secondary N) is 1. The van der Waals surface area contributed by atoms with Crippen molar-refractivity contribution in [3.8, 4) is 0 Å². The summed E-state index contributed by atoms with van der Waals surface area (Å²) in [4.78, 5) is 18.6. The van der Waals surface area contributed by atoms with Crippen LogP contribution in [0.5, 0.6) is 0 Å². The first-order valence-corrected chi connectivity index (χ1v) is 9.03. The van der Waals surface area contributed by atoms with Gasteiger partial charge in [0.2, 0.25) is 0 Å². The highest BCUT2D eigenvalue weighted by atomic mass is 32.1. The van der Waals surface area contributed by atoms with Crippen molar-refractivity contribution >= 4 is 22.9 Å². The molecule has 6 heteroatoms. The SMILES string of the molecule is O=C(NCCc1cnc2ccccn12)c1ccc(C2CCCO2)s1. The quantitative estimate of drug-likeness (QED) is 0.775. The predicted molar refractivity (Wildman–Crippen MR) is 93.5 cm³/mol. The molecule has 124 valence electrons. The fourth-order valence-electron chi connectivity index (χ4n) is 3.01. The Morgan fingerprint density at radius 3 is 3.21 bits per heavy atom. The van der Waals surface area contributed by atoms with Crippen LogP contribution in [0.15, 0.2) is 42.7 Å². The van der Waals surface area contributed by atoms with E-state index < -0.39 is 0 Å². The minimum absolute atomic E-state index is 0.0157. The van der Waals surface area contributed by atoms with Crippen molar-refractivity contribution in [2.75, 3.05) is 13.2 Å². The van der Waals surface area contributed by atoms with Crippen LogP contribution in [0.25, 0.3) is 5.65 Å². The normalized spacial score (nSPS) is 17.4. The highest BCUT2D eigenvalue weighted by molar-refractivity contribution is 7.14. The first-order valence-electron chi connectivity index (χ1n) is 8.22. The van der Waals surface area contributed by atoms with E-state index in [1.165, 1.54) is 11.3 Å². The number of carbonyl (C=O) groups is 1. The van der Waals surface area contributed by atoms with Crippen molar-refractivity contribution in [3.63, 3.8) is 0 Å². The first-order chi connectivity index (χ1) is 11.8. The van der Waals surface area contributed by atoms with Crippen LogP contribution in [0.2, 0.25) is 0 Å². The number of ether oxygens (including phenoxy) is 1. The standard InChI is InChI=1S/C18H19N3O2S/c22-18(16-7-6-15(24-16)14-4-3-11-23-14)19-9-8-13-12-20-17-5-1-2-10-21(13)17/h1-2,5-7,10,12,14H,3-4,8-9,11H2,(H,19,22). The van der Waals surface area contributed by atoms with E-state index in [1.54, 1.807) is 0 Å². The van der Waals surface area contributed by atoms with Crippen molar-refractivity contribution in [3.05, 3.63) is 58.2 Å². The molecule has 1 aliphatic heterocycles. The molecule has 0 spiro atoms. The second-order valence-electron chi connectivity index (χ2n) is 5.89. The summed E-state index contributed by atoms with van der Waals surface area (Å²) in [7, 11) is 0. The van der Waals surface area contributed by atoms with E-state index in [9.17, 15) is 4.79 Å². The molecule has 1 atom stereocenters. The van der Waals surface area contributed by atoms with E-state index in [4.69, 9.17) is 4.74 Å². The summed E-state index contributed by atoms with van der Waals surface area (Å²) in [5.41, 5.74) is 2.02. The largest absolute Gasteiger partial charge is 0.373 e. The minimum atomic E-state index is -0.0157. The zero-order valence-corrected chi connectivity index (χ0v) is 14.1. The van der Waals surface area contributed by atoms with Gasteiger partial charge in [0.05, 0.1) is 11.0 Å². The van der Waals surface area contributed by atoms with Gasteiger partial charge in [0.25, 0.3) is 5.91 Å². The maximum atomic E-state index is 12.3. The monoisotopic (exact) mass is 341 g/mol. The van der Waals surface area contributed by atoms with E-state index in [0.29, 0.717) is 6.54 Å². The van der Waals surface area contributed by atoms with Crippen LogP contribution in [0.1, 0.15) is 39.2 Å². The summed E-state index contributed by atoms with van der Waals surface area (Å²) >= 11 is 1.53. The number of amides is 1. The highest BCUT2D eigenvalue weighted by Crippen LogP contribution is 2.33. The van der Waals surface area contributed by atoms with Crippen LogP contribution in [-0.2, 0) is 11.2 Å². The molecule has 0 saturated carbocycles. The zero-order valence-electron chi connectivity index (χ0n) is 13.3. The van der Waals surface area contributed by atoms with Gasteiger partial charge >= 0.3 is 0 Å². The molecular formula is C18H19N3O2S. The Kier molecular flexibility index (Phi) is 4.32. The lowest BCUT2D eigenvalue weighted by Crippen LogP contribution is -2.25. The van der Waals surface area contributed by atoms with Crippen molar-refractivity contribution in [2.45, 2.75) is 25.4 Å². The summed E-state index contributed by atoms with van der Waals surface area (Å²) in [6.45, 7) is 1.41. The Bertz CT molecular complexity index is 849. The molecule has 1 amide bonds. The zero-order chi connectivity index (χ0) is 16.4. The third-order valence-electron chi connectivity index (χ3n) is 4.26. The van der Waals surface area contributed by atoms with Crippen LogP contribution in [-0.4, -0.2) is 28.4 Å². The average Bonchev–Trinajstić information content (AvgIpc) is 3.35. The maximum Gasteiger partial charge on any atom is 0.261 e. The minimum Gasteiger partial charge on any atom is -0.373 e. The summed E-state index contributed by atoms with van der Waals surface area (Å²) in [5.74, 6) is -0.0157. The second kappa shape index (κ2) is 6.75. The molecule has 0 radical (unpaired) electrons. The lowest BCUT2D eigenvalue weighted by molar-refractivity contribution is 0.0958. The Hall–Kier alpha value is -2.18.